The van der Waals surface area contributed by atoms with Gasteiger partial charge in [-0.1, -0.05) is 12.1 Å². The minimum absolute atomic E-state index is 0.0220. The number of hydrogen-bond donors (Lipinski definition) is 2. The van der Waals surface area contributed by atoms with Crippen molar-refractivity contribution >= 4 is 17.7 Å². The molecule has 0 unspecified atom stereocenters. The number of pyridine rings is 1. The van der Waals surface area contributed by atoms with Crippen molar-refractivity contribution in [2.45, 2.75) is 12.8 Å². The monoisotopic (exact) mass is 325 g/mol. The van der Waals surface area contributed by atoms with Crippen LogP contribution < -0.4 is 5.73 Å². The van der Waals surface area contributed by atoms with E-state index in [1.54, 1.807) is 24.3 Å². The molecule has 0 radical (unpaired) electrons. The molecule has 1 saturated heterocycles. The molecule has 1 fully saturated rings. The molecule has 24 heavy (non-hydrogen) atoms. The normalized spacial score (nSPS) is 17.0. The van der Waals surface area contributed by atoms with E-state index in [-0.39, 0.29) is 11.5 Å². The van der Waals surface area contributed by atoms with Crippen molar-refractivity contribution in [2.24, 2.45) is 5.92 Å². The Hall–Kier alpha value is -2.89. The third kappa shape index (κ3) is 3.53. The maximum Gasteiger partial charge on any atom is 0.335 e. The second kappa shape index (κ2) is 6.70. The lowest BCUT2D eigenvalue weighted by molar-refractivity contribution is 0.0696. The second-order valence-corrected chi connectivity index (χ2v) is 6.08. The quantitative estimate of drug-likeness (QED) is 0.897. The van der Waals surface area contributed by atoms with Gasteiger partial charge in [0.1, 0.15) is 5.82 Å². The van der Waals surface area contributed by atoms with Gasteiger partial charge in [-0.15, -0.1) is 0 Å². The number of nitrogens with two attached hydrogens (primary N) is 1. The van der Waals surface area contributed by atoms with Gasteiger partial charge in [0, 0.05) is 19.3 Å². The fourth-order valence-corrected chi connectivity index (χ4v) is 3.01. The number of rotatable bonds is 4. The molecule has 1 aliphatic heterocycles. The van der Waals surface area contributed by atoms with E-state index in [1.807, 2.05) is 17.0 Å². The lowest BCUT2D eigenvalue weighted by Crippen LogP contribution is -2.29. The molecular weight excluding hydrogens is 306 g/mol. The number of carbonyl (C=O) groups excluding carboxylic acids is 1. The smallest absolute Gasteiger partial charge is 0.335 e. The highest BCUT2D eigenvalue weighted by atomic mass is 16.4. The van der Waals surface area contributed by atoms with Gasteiger partial charge in [0.2, 0.25) is 0 Å². The summed E-state index contributed by atoms with van der Waals surface area (Å²) in [7, 11) is 0. The average molecular weight is 325 g/mol. The Morgan fingerprint density at radius 3 is 2.50 bits per heavy atom. The van der Waals surface area contributed by atoms with Crippen molar-refractivity contribution in [3.63, 3.8) is 0 Å². The Morgan fingerprint density at radius 1 is 1.17 bits per heavy atom. The SMILES string of the molecule is Nc1ccc(C(=O)N2CC[C@@H](Cc3ccc(C(=O)O)cc3)C2)cn1. The molecule has 0 aliphatic carbocycles. The van der Waals surface area contributed by atoms with Gasteiger partial charge in [-0.3, -0.25) is 4.79 Å². The molecule has 2 aromatic rings. The predicted molar refractivity (Wildman–Crippen MR) is 89.8 cm³/mol. The summed E-state index contributed by atoms with van der Waals surface area (Å²) in [5, 5.41) is 8.92. The van der Waals surface area contributed by atoms with E-state index in [2.05, 4.69) is 4.98 Å². The highest BCUT2D eigenvalue weighted by molar-refractivity contribution is 5.94. The zero-order valence-electron chi connectivity index (χ0n) is 13.2. The zero-order valence-corrected chi connectivity index (χ0v) is 13.2. The van der Waals surface area contributed by atoms with Gasteiger partial charge in [0.15, 0.2) is 0 Å². The fourth-order valence-electron chi connectivity index (χ4n) is 3.01. The molecule has 3 rings (SSSR count). The van der Waals surface area contributed by atoms with Crippen LogP contribution in [0.3, 0.4) is 0 Å². The van der Waals surface area contributed by atoms with Crippen LogP contribution in [0.5, 0.6) is 0 Å². The fraction of sp³-hybridized carbons (Fsp3) is 0.278. The summed E-state index contributed by atoms with van der Waals surface area (Å²) in [4.78, 5) is 29.1. The standard InChI is InChI=1S/C18H19N3O3/c19-16-6-5-15(10-20-16)17(22)21-8-7-13(11-21)9-12-1-3-14(4-2-12)18(23)24/h1-6,10,13H,7-9,11H2,(H2,19,20)(H,23,24)/t13-/m0/s1. The largest absolute Gasteiger partial charge is 0.478 e. The van der Waals surface area contributed by atoms with Gasteiger partial charge in [0.05, 0.1) is 11.1 Å². The maximum atomic E-state index is 12.5. The first-order chi connectivity index (χ1) is 11.5. The van der Waals surface area contributed by atoms with Crippen LogP contribution in [-0.4, -0.2) is 40.0 Å². The van der Waals surface area contributed by atoms with Gasteiger partial charge in [-0.25, -0.2) is 9.78 Å². The molecule has 1 atom stereocenters. The molecule has 1 aromatic carbocycles. The number of amides is 1. The minimum atomic E-state index is -0.920. The number of nitrogens with zero attached hydrogens (tertiary/aromatic N) is 2. The van der Waals surface area contributed by atoms with E-state index in [4.69, 9.17) is 10.8 Å². The van der Waals surface area contributed by atoms with Gasteiger partial charge < -0.3 is 15.7 Å². The lowest BCUT2D eigenvalue weighted by atomic mass is 9.98. The van der Waals surface area contributed by atoms with Gasteiger partial charge in [-0.2, -0.15) is 0 Å². The number of carbonyl (C=O) groups is 2. The highest BCUT2D eigenvalue weighted by Crippen LogP contribution is 2.22. The zero-order chi connectivity index (χ0) is 17.1. The van der Waals surface area contributed by atoms with Crippen molar-refractivity contribution in [1.29, 1.82) is 0 Å². The van der Waals surface area contributed by atoms with E-state index in [1.165, 1.54) is 6.20 Å². The number of aromatic nitrogens is 1. The average Bonchev–Trinajstić information content (AvgIpc) is 3.04. The van der Waals surface area contributed by atoms with Crippen LogP contribution in [0.1, 0.15) is 32.7 Å². The van der Waals surface area contributed by atoms with E-state index in [0.29, 0.717) is 23.8 Å². The number of carboxylic acids is 1. The molecule has 1 amide bonds. The van der Waals surface area contributed by atoms with Crippen molar-refractivity contribution in [3.05, 3.63) is 59.3 Å². The number of nitrogen functional groups attached to an aromatic ring is 1. The first-order valence-electron chi connectivity index (χ1n) is 7.86. The molecule has 1 aliphatic rings. The van der Waals surface area contributed by atoms with Gasteiger partial charge in [-0.05, 0) is 48.6 Å². The third-order valence-electron chi connectivity index (χ3n) is 4.33. The first-order valence-corrected chi connectivity index (χ1v) is 7.86. The van der Waals surface area contributed by atoms with Crippen LogP contribution in [0, 0.1) is 5.92 Å². The maximum absolute atomic E-state index is 12.5. The van der Waals surface area contributed by atoms with Crippen molar-refractivity contribution in [3.8, 4) is 0 Å². The molecule has 1 aromatic heterocycles. The molecule has 6 nitrogen and oxygen atoms in total. The van der Waals surface area contributed by atoms with E-state index < -0.39 is 5.97 Å². The number of anilines is 1. The Morgan fingerprint density at radius 2 is 1.88 bits per heavy atom. The molecule has 6 heteroatoms. The van der Waals surface area contributed by atoms with E-state index in [0.717, 1.165) is 24.9 Å². The summed E-state index contributed by atoms with van der Waals surface area (Å²) < 4.78 is 0. The van der Waals surface area contributed by atoms with Crippen molar-refractivity contribution in [1.82, 2.24) is 9.88 Å². The summed E-state index contributed by atoms with van der Waals surface area (Å²) in [6, 6.07) is 10.3. The summed E-state index contributed by atoms with van der Waals surface area (Å²) in [5.74, 6) is -0.162. The number of hydrogen-bond acceptors (Lipinski definition) is 4. The van der Waals surface area contributed by atoms with Crippen LogP contribution in [-0.2, 0) is 6.42 Å². The minimum Gasteiger partial charge on any atom is -0.478 e. The van der Waals surface area contributed by atoms with E-state index >= 15 is 0 Å². The summed E-state index contributed by atoms with van der Waals surface area (Å²) in [6.07, 6.45) is 3.29. The number of likely N-dealkylation sites (tertiary alicyclic amines) is 1. The number of carboxylic acid groups (broad SMARTS) is 1. The molecule has 0 saturated carbocycles. The van der Waals surface area contributed by atoms with Crippen LogP contribution in [0.4, 0.5) is 5.82 Å². The molecule has 2 heterocycles. The van der Waals surface area contributed by atoms with Gasteiger partial charge in [0.25, 0.3) is 5.91 Å². The van der Waals surface area contributed by atoms with Crippen molar-refractivity contribution in [2.75, 3.05) is 18.8 Å². The molecule has 124 valence electrons. The topological polar surface area (TPSA) is 96.5 Å². The molecule has 3 N–H and O–H groups in total. The number of benzene rings is 1. The van der Waals surface area contributed by atoms with Crippen LogP contribution in [0.2, 0.25) is 0 Å². The van der Waals surface area contributed by atoms with Crippen molar-refractivity contribution < 1.29 is 14.7 Å². The Bertz CT molecular complexity index is 741. The first kappa shape index (κ1) is 16.0. The Labute approximate surface area is 139 Å². The van der Waals surface area contributed by atoms with Crippen LogP contribution in [0.15, 0.2) is 42.6 Å². The predicted octanol–water partition coefficient (Wildman–Crippen LogP) is 2.07. The molecule has 0 spiro atoms. The Balaban J connectivity index is 1.59. The summed E-state index contributed by atoms with van der Waals surface area (Å²) in [6.45, 7) is 1.42. The van der Waals surface area contributed by atoms with Crippen LogP contribution >= 0.6 is 0 Å². The van der Waals surface area contributed by atoms with E-state index in [9.17, 15) is 9.59 Å². The molecular formula is C18H19N3O3. The van der Waals surface area contributed by atoms with Crippen LogP contribution in [0.25, 0.3) is 0 Å². The summed E-state index contributed by atoms with van der Waals surface area (Å²) in [5.41, 5.74) is 7.48. The third-order valence-corrected chi connectivity index (χ3v) is 4.33. The number of aromatic carboxylic acids is 1. The Kier molecular flexibility index (Phi) is 4.46. The highest BCUT2D eigenvalue weighted by Gasteiger charge is 2.27. The summed E-state index contributed by atoms with van der Waals surface area (Å²) >= 11 is 0. The second-order valence-electron chi connectivity index (χ2n) is 6.08. The lowest BCUT2D eigenvalue weighted by Gasteiger charge is -2.16. The molecule has 0 bridgehead atoms. The van der Waals surface area contributed by atoms with Gasteiger partial charge >= 0.3 is 5.97 Å².